The first-order chi connectivity index (χ1) is 11.9. The smallest absolute Gasteiger partial charge is 0.387 e. The molecule has 0 unspecified atom stereocenters. The normalized spacial score (nSPS) is 10.4. The molecule has 2 aromatic carbocycles. The van der Waals surface area contributed by atoms with E-state index in [0.29, 0.717) is 5.56 Å². The molecule has 0 heterocycles. The molecule has 132 valence electrons. The third-order valence-electron chi connectivity index (χ3n) is 3.15. The number of nitrogens with one attached hydrogen (secondary N) is 2. The lowest BCUT2D eigenvalue weighted by atomic mass is 10.2. The number of hydrogen-bond acceptors (Lipinski definition) is 3. The Hall–Kier alpha value is -3.03. The van der Waals surface area contributed by atoms with Crippen molar-refractivity contribution in [3.63, 3.8) is 0 Å². The van der Waals surface area contributed by atoms with E-state index < -0.39 is 24.2 Å². The van der Waals surface area contributed by atoms with Gasteiger partial charge in [0.2, 0.25) is 5.91 Å². The maximum atomic E-state index is 12.8. The van der Waals surface area contributed by atoms with Crippen LogP contribution in [0.25, 0.3) is 0 Å². The van der Waals surface area contributed by atoms with Crippen LogP contribution in [0.3, 0.4) is 0 Å². The molecule has 0 bridgehead atoms. The second-order valence-corrected chi connectivity index (χ2v) is 4.99. The van der Waals surface area contributed by atoms with Gasteiger partial charge in [-0.05, 0) is 42.0 Å². The highest BCUT2D eigenvalue weighted by Gasteiger charge is 2.08. The van der Waals surface area contributed by atoms with E-state index in [2.05, 4.69) is 15.4 Å². The molecule has 0 radical (unpaired) electrons. The monoisotopic (exact) mass is 352 g/mol. The summed E-state index contributed by atoms with van der Waals surface area (Å²) in [6, 6.07) is 10.7. The third-order valence-corrected chi connectivity index (χ3v) is 3.15. The quantitative estimate of drug-likeness (QED) is 0.804. The molecule has 0 atom stereocenters. The fourth-order valence-electron chi connectivity index (χ4n) is 1.92. The number of benzene rings is 2. The Kier molecular flexibility index (Phi) is 6.39. The van der Waals surface area contributed by atoms with E-state index >= 15 is 0 Å². The molecule has 2 rings (SSSR count). The zero-order valence-corrected chi connectivity index (χ0v) is 13.0. The lowest BCUT2D eigenvalue weighted by Gasteiger charge is -2.08. The van der Waals surface area contributed by atoms with Gasteiger partial charge in [-0.15, -0.1) is 0 Å². The van der Waals surface area contributed by atoms with E-state index in [1.54, 1.807) is 0 Å². The summed E-state index contributed by atoms with van der Waals surface area (Å²) < 4.78 is 41.1. The molecule has 8 heteroatoms. The number of hydrogen-bond donors (Lipinski definition) is 2. The Balaban J connectivity index is 1.75. The zero-order chi connectivity index (χ0) is 18.2. The third kappa shape index (κ3) is 6.17. The molecule has 0 aliphatic heterocycles. The van der Waals surface area contributed by atoms with Crippen molar-refractivity contribution in [3.05, 3.63) is 65.5 Å². The molecule has 0 saturated heterocycles. The number of alkyl halides is 2. The molecule has 0 spiro atoms. The van der Waals surface area contributed by atoms with Gasteiger partial charge in [-0.25, -0.2) is 4.39 Å². The average molecular weight is 352 g/mol. The highest BCUT2D eigenvalue weighted by molar-refractivity contribution is 5.96. The van der Waals surface area contributed by atoms with E-state index in [4.69, 9.17) is 0 Å². The Labute approximate surface area is 141 Å². The van der Waals surface area contributed by atoms with Crippen molar-refractivity contribution in [1.29, 1.82) is 0 Å². The van der Waals surface area contributed by atoms with Gasteiger partial charge in [-0.2, -0.15) is 8.78 Å². The number of amides is 2. The number of carbonyl (C=O) groups is 2. The molecule has 2 amide bonds. The summed E-state index contributed by atoms with van der Waals surface area (Å²) in [5.41, 5.74) is 0.920. The molecule has 0 aliphatic rings. The standard InChI is InChI=1S/C17H15F3N2O3/c18-13-5-3-12(4-6-13)16(24)22-10-15(23)21-9-11-1-7-14(8-2-11)25-17(19)20/h1-8,17H,9-10H2,(H,21,23)(H,22,24). The molecular weight excluding hydrogens is 337 g/mol. The van der Waals surface area contributed by atoms with E-state index in [-0.39, 0.29) is 24.4 Å². The van der Waals surface area contributed by atoms with Crippen LogP contribution < -0.4 is 15.4 Å². The molecule has 0 aromatic heterocycles. The average Bonchev–Trinajstić information content (AvgIpc) is 2.59. The summed E-state index contributed by atoms with van der Waals surface area (Å²) in [5, 5.41) is 4.98. The number of halogens is 3. The van der Waals surface area contributed by atoms with Crippen molar-refractivity contribution in [2.24, 2.45) is 0 Å². The summed E-state index contributed by atoms with van der Waals surface area (Å²) in [6.07, 6.45) is 0. The fraction of sp³-hybridized carbons (Fsp3) is 0.176. The lowest BCUT2D eigenvalue weighted by Crippen LogP contribution is -2.36. The van der Waals surface area contributed by atoms with Gasteiger partial charge in [-0.3, -0.25) is 9.59 Å². The van der Waals surface area contributed by atoms with E-state index in [0.717, 1.165) is 12.1 Å². The molecule has 25 heavy (non-hydrogen) atoms. The van der Waals surface area contributed by atoms with Crippen LogP contribution in [0, 0.1) is 5.82 Å². The van der Waals surface area contributed by atoms with Crippen LogP contribution in [0.1, 0.15) is 15.9 Å². The molecule has 2 N–H and O–H groups in total. The molecule has 0 saturated carbocycles. The van der Waals surface area contributed by atoms with Gasteiger partial charge in [-0.1, -0.05) is 12.1 Å². The maximum absolute atomic E-state index is 12.8. The van der Waals surface area contributed by atoms with Gasteiger partial charge in [0.25, 0.3) is 5.91 Å². The Morgan fingerprint density at radius 3 is 2.20 bits per heavy atom. The summed E-state index contributed by atoms with van der Waals surface area (Å²) in [5.74, 6) is -1.36. The number of carbonyl (C=O) groups excluding carboxylic acids is 2. The van der Waals surface area contributed by atoms with E-state index in [1.165, 1.54) is 36.4 Å². The minimum absolute atomic E-state index is 0.0247. The van der Waals surface area contributed by atoms with Crippen molar-refractivity contribution < 1.29 is 27.5 Å². The zero-order valence-electron chi connectivity index (χ0n) is 13.0. The molecule has 2 aromatic rings. The van der Waals surface area contributed by atoms with E-state index in [9.17, 15) is 22.8 Å². The van der Waals surface area contributed by atoms with Gasteiger partial charge in [0.1, 0.15) is 11.6 Å². The molecule has 5 nitrogen and oxygen atoms in total. The topological polar surface area (TPSA) is 67.4 Å². The predicted molar refractivity (Wildman–Crippen MR) is 83.7 cm³/mol. The van der Waals surface area contributed by atoms with Crippen LogP contribution in [-0.2, 0) is 11.3 Å². The summed E-state index contributed by atoms with van der Waals surface area (Å²) >= 11 is 0. The number of ether oxygens (including phenoxy) is 1. The van der Waals surface area contributed by atoms with Crippen LogP contribution in [0.15, 0.2) is 48.5 Å². The van der Waals surface area contributed by atoms with Crippen LogP contribution >= 0.6 is 0 Å². The number of rotatable bonds is 7. The van der Waals surface area contributed by atoms with Gasteiger partial charge in [0.05, 0.1) is 6.54 Å². The van der Waals surface area contributed by atoms with Crippen LogP contribution in [-0.4, -0.2) is 25.0 Å². The minimum atomic E-state index is -2.89. The van der Waals surface area contributed by atoms with Crippen LogP contribution in [0.2, 0.25) is 0 Å². The molecular formula is C17H15F3N2O3. The SMILES string of the molecule is O=C(CNC(=O)c1ccc(F)cc1)NCc1ccc(OC(F)F)cc1. The second kappa shape index (κ2) is 8.72. The first-order valence-electron chi connectivity index (χ1n) is 7.28. The Morgan fingerprint density at radius 2 is 1.60 bits per heavy atom. The highest BCUT2D eigenvalue weighted by atomic mass is 19.3. The summed E-state index contributed by atoms with van der Waals surface area (Å²) in [6.45, 7) is -2.97. The van der Waals surface area contributed by atoms with Crippen LogP contribution in [0.4, 0.5) is 13.2 Å². The first-order valence-corrected chi connectivity index (χ1v) is 7.28. The second-order valence-electron chi connectivity index (χ2n) is 4.99. The first kappa shape index (κ1) is 18.3. The van der Waals surface area contributed by atoms with Crippen molar-refractivity contribution in [2.75, 3.05) is 6.54 Å². The summed E-state index contributed by atoms with van der Waals surface area (Å²) in [7, 11) is 0. The van der Waals surface area contributed by atoms with E-state index in [1.807, 2.05) is 0 Å². The predicted octanol–water partition coefficient (Wildman–Crippen LogP) is 2.47. The van der Waals surface area contributed by atoms with Crippen molar-refractivity contribution >= 4 is 11.8 Å². The van der Waals surface area contributed by atoms with Gasteiger partial charge in [0.15, 0.2) is 0 Å². The van der Waals surface area contributed by atoms with Gasteiger partial charge in [0, 0.05) is 12.1 Å². The molecule has 0 aliphatic carbocycles. The molecule has 0 fully saturated rings. The fourth-order valence-corrected chi connectivity index (χ4v) is 1.92. The Bertz CT molecular complexity index is 719. The largest absolute Gasteiger partial charge is 0.435 e. The van der Waals surface area contributed by atoms with Crippen LogP contribution in [0.5, 0.6) is 5.75 Å². The minimum Gasteiger partial charge on any atom is -0.435 e. The van der Waals surface area contributed by atoms with Crippen molar-refractivity contribution in [1.82, 2.24) is 10.6 Å². The van der Waals surface area contributed by atoms with Crippen molar-refractivity contribution in [3.8, 4) is 5.75 Å². The lowest BCUT2D eigenvalue weighted by molar-refractivity contribution is -0.120. The maximum Gasteiger partial charge on any atom is 0.387 e. The van der Waals surface area contributed by atoms with Crippen molar-refractivity contribution in [2.45, 2.75) is 13.2 Å². The van der Waals surface area contributed by atoms with Gasteiger partial charge >= 0.3 is 6.61 Å². The highest BCUT2D eigenvalue weighted by Crippen LogP contribution is 2.14. The Morgan fingerprint density at radius 1 is 0.960 bits per heavy atom. The summed E-state index contributed by atoms with van der Waals surface area (Å²) in [4.78, 5) is 23.5. The van der Waals surface area contributed by atoms with Gasteiger partial charge < -0.3 is 15.4 Å².